The van der Waals surface area contributed by atoms with Gasteiger partial charge in [0, 0.05) is 39.3 Å². The molecule has 19 heavy (non-hydrogen) atoms. The van der Waals surface area contributed by atoms with Gasteiger partial charge >= 0.3 is 0 Å². The van der Waals surface area contributed by atoms with Crippen molar-refractivity contribution in [1.29, 1.82) is 0 Å². The minimum atomic E-state index is 0.600. The Kier molecular flexibility index (Phi) is 4.91. The van der Waals surface area contributed by atoms with Gasteiger partial charge in [-0.2, -0.15) is 0 Å². The molecule has 1 aromatic rings. The van der Waals surface area contributed by atoms with Gasteiger partial charge in [-0.1, -0.05) is 36.0 Å². The molecule has 1 aromatic carbocycles. The summed E-state index contributed by atoms with van der Waals surface area (Å²) in [6, 6.07) is 6.70. The standard InChI is InChI=1S/C15H23N3S/c1-12-3-4-13(2)14(9-12)10-17-5-7-18(8-6-17)11-15(16)19/h3-4,9H,5-8,10-11H2,1-2H3,(H2,16,19). The van der Waals surface area contributed by atoms with Crippen LogP contribution in [0, 0.1) is 13.8 Å². The first-order chi connectivity index (χ1) is 9.04. The average molecular weight is 277 g/mol. The summed E-state index contributed by atoms with van der Waals surface area (Å²) >= 11 is 4.96. The maximum Gasteiger partial charge on any atom is 0.0870 e. The van der Waals surface area contributed by atoms with Gasteiger partial charge in [0.1, 0.15) is 0 Å². The van der Waals surface area contributed by atoms with Crippen LogP contribution < -0.4 is 5.73 Å². The second-order valence-corrected chi connectivity index (χ2v) is 5.97. The third-order valence-electron chi connectivity index (χ3n) is 3.74. The molecule has 0 unspecified atom stereocenters. The van der Waals surface area contributed by atoms with Crippen LogP contribution in [-0.2, 0) is 6.54 Å². The maximum absolute atomic E-state index is 5.59. The minimum absolute atomic E-state index is 0.600. The Morgan fingerprint density at radius 1 is 1.16 bits per heavy atom. The number of thiocarbonyl (C=S) groups is 1. The number of hydrogen-bond donors (Lipinski definition) is 1. The van der Waals surface area contributed by atoms with Gasteiger partial charge in [-0.3, -0.25) is 9.80 Å². The molecule has 1 aliphatic heterocycles. The molecule has 0 saturated carbocycles. The van der Waals surface area contributed by atoms with Gasteiger partial charge in [0.15, 0.2) is 0 Å². The number of rotatable bonds is 4. The lowest BCUT2D eigenvalue weighted by Gasteiger charge is -2.34. The van der Waals surface area contributed by atoms with Crippen LogP contribution in [0.2, 0.25) is 0 Å². The molecular weight excluding hydrogens is 254 g/mol. The topological polar surface area (TPSA) is 32.5 Å². The third-order valence-corrected chi connectivity index (χ3v) is 3.87. The number of aryl methyl sites for hydroxylation is 2. The van der Waals surface area contributed by atoms with Crippen LogP contribution in [0.1, 0.15) is 16.7 Å². The van der Waals surface area contributed by atoms with Crippen LogP contribution >= 0.6 is 12.2 Å². The largest absolute Gasteiger partial charge is 0.392 e. The summed E-state index contributed by atoms with van der Waals surface area (Å²) in [6.45, 7) is 10.5. The summed E-state index contributed by atoms with van der Waals surface area (Å²) in [7, 11) is 0. The van der Waals surface area contributed by atoms with Crippen molar-refractivity contribution < 1.29 is 0 Å². The van der Waals surface area contributed by atoms with E-state index in [-0.39, 0.29) is 0 Å². The number of piperazine rings is 1. The highest BCUT2D eigenvalue weighted by molar-refractivity contribution is 7.80. The van der Waals surface area contributed by atoms with Crippen molar-refractivity contribution in [2.75, 3.05) is 32.7 Å². The number of benzene rings is 1. The third kappa shape index (κ3) is 4.27. The molecule has 1 fully saturated rings. The first-order valence-electron chi connectivity index (χ1n) is 6.84. The fraction of sp³-hybridized carbons (Fsp3) is 0.533. The van der Waals surface area contributed by atoms with Gasteiger partial charge in [-0.25, -0.2) is 0 Å². The second-order valence-electron chi connectivity index (χ2n) is 5.45. The Morgan fingerprint density at radius 3 is 2.42 bits per heavy atom. The summed E-state index contributed by atoms with van der Waals surface area (Å²) in [4.78, 5) is 5.45. The Bertz CT molecular complexity index is 451. The average Bonchev–Trinajstić information content (AvgIpc) is 2.35. The van der Waals surface area contributed by atoms with E-state index in [1.54, 1.807) is 0 Å². The summed E-state index contributed by atoms with van der Waals surface area (Å²) < 4.78 is 0. The molecule has 0 radical (unpaired) electrons. The van der Waals surface area contributed by atoms with Gasteiger partial charge in [-0.05, 0) is 25.0 Å². The van der Waals surface area contributed by atoms with E-state index in [4.69, 9.17) is 18.0 Å². The van der Waals surface area contributed by atoms with Crippen molar-refractivity contribution in [2.45, 2.75) is 20.4 Å². The van der Waals surface area contributed by atoms with Gasteiger partial charge in [0.25, 0.3) is 0 Å². The summed E-state index contributed by atoms with van der Waals surface area (Å²) in [6.07, 6.45) is 0. The molecule has 0 spiro atoms. The first-order valence-corrected chi connectivity index (χ1v) is 7.24. The molecular formula is C15H23N3S. The summed E-state index contributed by atoms with van der Waals surface area (Å²) in [5, 5.41) is 0. The van der Waals surface area contributed by atoms with Crippen molar-refractivity contribution in [3.8, 4) is 0 Å². The predicted molar refractivity (Wildman–Crippen MR) is 84.4 cm³/mol. The fourth-order valence-electron chi connectivity index (χ4n) is 2.54. The zero-order valence-electron chi connectivity index (χ0n) is 11.9. The summed E-state index contributed by atoms with van der Waals surface area (Å²) in [5.74, 6) is 0. The van der Waals surface area contributed by atoms with Crippen LogP contribution in [0.3, 0.4) is 0 Å². The second kappa shape index (κ2) is 6.46. The smallest absolute Gasteiger partial charge is 0.0870 e. The van der Waals surface area contributed by atoms with E-state index in [0.717, 1.165) is 39.3 Å². The molecule has 0 atom stereocenters. The van der Waals surface area contributed by atoms with Gasteiger partial charge in [-0.15, -0.1) is 0 Å². The van der Waals surface area contributed by atoms with E-state index < -0.39 is 0 Å². The fourth-order valence-corrected chi connectivity index (χ4v) is 2.72. The molecule has 0 amide bonds. The Balaban J connectivity index is 1.88. The number of hydrogen-bond acceptors (Lipinski definition) is 3. The normalized spacial score (nSPS) is 17.6. The van der Waals surface area contributed by atoms with Crippen LogP contribution in [0.4, 0.5) is 0 Å². The SMILES string of the molecule is Cc1ccc(C)c(CN2CCN(CC(N)=S)CC2)c1. The van der Waals surface area contributed by atoms with Gasteiger partial charge < -0.3 is 5.73 Å². The van der Waals surface area contributed by atoms with Crippen molar-refractivity contribution >= 4 is 17.2 Å². The Labute approximate surface area is 121 Å². The van der Waals surface area contributed by atoms with Crippen LogP contribution in [0.15, 0.2) is 18.2 Å². The van der Waals surface area contributed by atoms with Crippen LogP contribution in [0.25, 0.3) is 0 Å². The molecule has 1 aliphatic rings. The monoisotopic (exact) mass is 277 g/mol. The molecule has 1 heterocycles. The van der Waals surface area contributed by atoms with Crippen LogP contribution in [-0.4, -0.2) is 47.5 Å². The van der Waals surface area contributed by atoms with Crippen molar-refractivity contribution in [3.05, 3.63) is 34.9 Å². The lowest BCUT2D eigenvalue weighted by molar-refractivity contribution is 0.140. The molecule has 104 valence electrons. The zero-order chi connectivity index (χ0) is 13.8. The molecule has 4 heteroatoms. The van der Waals surface area contributed by atoms with Crippen molar-refractivity contribution in [2.24, 2.45) is 5.73 Å². The van der Waals surface area contributed by atoms with E-state index in [1.807, 2.05) is 0 Å². The van der Waals surface area contributed by atoms with Crippen LogP contribution in [0.5, 0.6) is 0 Å². The maximum atomic E-state index is 5.59. The molecule has 0 aromatic heterocycles. The Hall–Kier alpha value is -0.970. The predicted octanol–water partition coefficient (Wildman–Crippen LogP) is 1.71. The molecule has 2 rings (SSSR count). The zero-order valence-corrected chi connectivity index (χ0v) is 12.7. The lowest BCUT2D eigenvalue weighted by Crippen LogP contribution is -2.48. The summed E-state index contributed by atoms with van der Waals surface area (Å²) in [5.41, 5.74) is 9.77. The van der Waals surface area contributed by atoms with Gasteiger partial charge in [0.05, 0.1) is 4.99 Å². The molecule has 0 bridgehead atoms. The van der Waals surface area contributed by atoms with E-state index in [0.29, 0.717) is 4.99 Å². The number of nitrogens with zero attached hydrogens (tertiary/aromatic N) is 2. The van der Waals surface area contributed by atoms with E-state index in [1.165, 1.54) is 16.7 Å². The van der Waals surface area contributed by atoms with E-state index in [2.05, 4.69) is 41.8 Å². The van der Waals surface area contributed by atoms with Crippen molar-refractivity contribution in [3.63, 3.8) is 0 Å². The highest BCUT2D eigenvalue weighted by Gasteiger charge is 2.17. The first kappa shape index (κ1) is 14.4. The quantitative estimate of drug-likeness (QED) is 0.849. The van der Waals surface area contributed by atoms with Crippen molar-refractivity contribution in [1.82, 2.24) is 9.80 Å². The Morgan fingerprint density at radius 2 is 1.79 bits per heavy atom. The number of nitrogens with two attached hydrogens (primary N) is 1. The van der Waals surface area contributed by atoms with Gasteiger partial charge in [0.2, 0.25) is 0 Å². The highest BCUT2D eigenvalue weighted by Crippen LogP contribution is 2.14. The van der Waals surface area contributed by atoms with E-state index >= 15 is 0 Å². The lowest BCUT2D eigenvalue weighted by atomic mass is 10.0. The highest BCUT2D eigenvalue weighted by atomic mass is 32.1. The molecule has 2 N–H and O–H groups in total. The molecule has 1 saturated heterocycles. The molecule has 3 nitrogen and oxygen atoms in total. The molecule has 0 aliphatic carbocycles. The minimum Gasteiger partial charge on any atom is -0.392 e. The van der Waals surface area contributed by atoms with E-state index in [9.17, 15) is 0 Å².